The van der Waals surface area contributed by atoms with Gasteiger partial charge in [0.2, 0.25) is 0 Å². The van der Waals surface area contributed by atoms with Crippen LogP contribution in [0.2, 0.25) is 0 Å². The van der Waals surface area contributed by atoms with E-state index in [2.05, 4.69) is 0 Å². The molecule has 17 heavy (non-hydrogen) atoms. The third-order valence-electron chi connectivity index (χ3n) is 1.90. The summed E-state index contributed by atoms with van der Waals surface area (Å²) in [4.78, 5) is 0. The molecule has 0 spiro atoms. The molecular formula is C9H22AlNaO6. The third-order valence-corrected chi connectivity index (χ3v) is 3.72. The van der Waals surface area contributed by atoms with Gasteiger partial charge in [0, 0.05) is 21.3 Å². The van der Waals surface area contributed by atoms with Gasteiger partial charge >= 0.3 is 44.7 Å². The molecule has 0 aromatic rings. The smallest absolute Gasteiger partial charge is 1.00 e. The summed E-state index contributed by atoms with van der Waals surface area (Å²) >= 11 is -2.34. The fourth-order valence-corrected chi connectivity index (χ4v) is 2.20. The van der Waals surface area contributed by atoms with E-state index in [0.29, 0.717) is 0 Å². The van der Waals surface area contributed by atoms with Crippen molar-refractivity contribution in [3.8, 4) is 0 Å². The van der Waals surface area contributed by atoms with Crippen molar-refractivity contribution >= 4 is 15.1 Å². The van der Waals surface area contributed by atoms with Gasteiger partial charge in [-0.15, -0.1) is 0 Å². The maximum absolute atomic E-state index is 5.46. The molecule has 0 aliphatic rings. The van der Waals surface area contributed by atoms with Gasteiger partial charge in [0.25, 0.3) is 0 Å². The monoisotopic (exact) mass is 276 g/mol. The Hall–Kier alpha value is 1.29. The van der Waals surface area contributed by atoms with E-state index >= 15 is 0 Å². The summed E-state index contributed by atoms with van der Waals surface area (Å²) in [5.41, 5.74) is 0. The van der Waals surface area contributed by atoms with Crippen molar-refractivity contribution in [3.05, 3.63) is 0 Å². The Kier molecular flexibility index (Phi) is 14.9. The summed E-state index contributed by atoms with van der Waals surface area (Å²) in [5.74, 6) is 0. The summed E-state index contributed by atoms with van der Waals surface area (Å²) in [7, 11) is 4.65. The first-order valence-corrected chi connectivity index (χ1v) is 6.49. The first kappa shape index (κ1) is 20.6. The Morgan fingerprint density at radius 3 is 1.12 bits per heavy atom. The van der Waals surface area contributed by atoms with Crippen LogP contribution < -0.4 is 29.6 Å². The van der Waals surface area contributed by atoms with Crippen LogP contribution in [-0.2, 0) is 25.6 Å². The molecule has 0 aliphatic carbocycles. The molecule has 0 saturated heterocycles. The van der Waals surface area contributed by atoms with E-state index in [9.17, 15) is 0 Å². The van der Waals surface area contributed by atoms with Gasteiger partial charge in [0.1, 0.15) is 18.9 Å². The topological polar surface area (TPSA) is 55.4 Å². The van der Waals surface area contributed by atoms with Gasteiger partial charge in [-0.25, -0.2) is 0 Å². The van der Waals surface area contributed by atoms with Crippen molar-refractivity contribution in [1.82, 2.24) is 0 Å². The van der Waals surface area contributed by atoms with Crippen molar-refractivity contribution in [1.29, 1.82) is 0 Å². The average molecular weight is 276 g/mol. The van der Waals surface area contributed by atoms with Gasteiger partial charge < -0.3 is 27.0 Å². The van der Waals surface area contributed by atoms with Crippen molar-refractivity contribution in [2.75, 3.05) is 21.3 Å². The predicted octanol–water partition coefficient (Wildman–Crippen LogP) is -1.89. The SMILES string of the molecule is COC(C)[O][Al]([O]C(C)OC)[O]C(C)OC.[H-].[Na+]. The first-order chi connectivity index (χ1) is 7.53. The third kappa shape index (κ3) is 10.9. The minimum atomic E-state index is -2.34. The van der Waals surface area contributed by atoms with Crippen LogP contribution in [0.4, 0.5) is 0 Å². The molecule has 0 heterocycles. The van der Waals surface area contributed by atoms with Crippen LogP contribution in [0.5, 0.6) is 0 Å². The standard InChI is InChI=1S/3C3H7O2.Al.Na.H/c3*1-3(4)5-2;;;/h3*3H,1-2H3;;;/q3*-1;+3;+1;-1. The Morgan fingerprint density at radius 1 is 0.706 bits per heavy atom. The second kappa shape index (κ2) is 12.3. The van der Waals surface area contributed by atoms with Crippen molar-refractivity contribution in [3.63, 3.8) is 0 Å². The molecule has 3 atom stereocenters. The Labute approximate surface area is 132 Å². The molecule has 0 radical (unpaired) electrons. The van der Waals surface area contributed by atoms with Crippen LogP contribution >= 0.6 is 0 Å². The maximum atomic E-state index is 5.46. The molecule has 0 N–H and O–H groups in total. The molecule has 0 saturated carbocycles. The summed E-state index contributed by atoms with van der Waals surface area (Å²) in [6.45, 7) is 5.30. The summed E-state index contributed by atoms with van der Waals surface area (Å²) in [6.07, 6.45) is -1.15. The van der Waals surface area contributed by atoms with Crippen molar-refractivity contribution in [2.24, 2.45) is 0 Å². The van der Waals surface area contributed by atoms with Gasteiger partial charge in [-0.05, 0) is 20.8 Å². The van der Waals surface area contributed by atoms with Crippen LogP contribution in [0.15, 0.2) is 0 Å². The molecule has 98 valence electrons. The van der Waals surface area contributed by atoms with Gasteiger partial charge in [-0.2, -0.15) is 0 Å². The molecular weight excluding hydrogens is 254 g/mol. The molecule has 0 rings (SSSR count). The van der Waals surface area contributed by atoms with Gasteiger partial charge in [0.05, 0.1) is 0 Å². The van der Waals surface area contributed by atoms with Crippen molar-refractivity contribution in [2.45, 2.75) is 39.6 Å². The molecule has 0 bridgehead atoms. The summed E-state index contributed by atoms with van der Waals surface area (Å²) in [5, 5.41) is 0. The largest absolute Gasteiger partial charge is 1.00 e. The molecule has 0 fully saturated rings. The Morgan fingerprint density at radius 2 is 0.941 bits per heavy atom. The van der Waals surface area contributed by atoms with Gasteiger partial charge in [0.15, 0.2) is 0 Å². The van der Waals surface area contributed by atoms with Gasteiger partial charge in [-0.1, -0.05) is 0 Å². The zero-order valence-electron chi connectivity index (χ0n) is 12.8. The van der Waals surface area contributed by atoms with E-state index in [1.807, 2.05) is 0 Å². The number of ether oxygens (including phenoxy) is 3. The molecule has 3 unspecified atom stereocenters. The number of rotatable bonds is 9. The van der Waals surface area contributed by atoms with E-state index in [-0.39, 0.29) is 49.9 Å². The molecule has 8 heteroatoms. The number of methoxy groups -OCH3 is 3. The summed E-state index contributed by atoms with van der Waals surface area (Å²) < 4.78 is 31.3. The Bertz CT molecular complexity index is 153. The first-order valence-electron chi connectivity index (χ1n) is 5.08. The van der Waals surface area contributed by atoms with E-state index in [4.69, 9.17) is 25.6 Å². The van der Waals surface area contributed by atoms with E-state index in [1.165, 1.54) is 0 Å². The fourth-order valence-electron chi connectivity index (χ4n) is 0.732. The van der Waals surface area contributed by atoms with Gasteiger partial charge in [-0.3, -0.25) is 0 Å². The molecule has 6 nitrogen and oxygen atoms in total. The maximum Gasteiger partial charge on any atom is 1.00 e. The minimum Gasteiger partial charge on any atom is -1.00 e. The zero-order chi connectivity index (χ0) is 12.6. The van der Waals surface area contributed by atoms with Crippen LogP contribution in [0.25, 0.3) is 0 Å². The van der Waals surface area contributed by atoms with Crippen LogP contribution in [0.3, 0.4) is 0 Å². The zero-order valence-corrected chi connectivity index (χ0v) is 14.9. The van der Waals surface area contributed by atoms with Crippen LogP contribution in [0.1, 0.15) is 22.2 Å². The minimum absolute atomic E-state index is 0. The predicted molar refractivity (Wildman–Crippen MR) is 59.5 cm³/mol. The molecule has 0 aromatic carbocycles. The Balaban J connectivity index is -0.00000112. The number of hydrogen-bond donors (Lipinski definition) is 0. The second-order valence-corrected chi connectivity index (χ2v) is 4.50. The molecule has 0 aromatic heterocycles. The van der Waals surface area contributed by atoms with Crippen LogP contribution in [-0.4, -0.2) is 55.3 Å². The van der Waals surface area contributed by atoms with E-state index in [0.717, 1.165) is 0 Å². The van der Waals surface area contributed by atoms with Crippen LogP contribution in [0, 0.1) is 0 Å². The molecule has 0 amide bonds. The number of hydrogen-bond acceptors (Lipinski definition) is 6. The quantitative estimate of drug-likeness (QED) is 0.363. The second-order valence-electron chi connectivity index (χ2n) is 3.11. The van der Waals surface area contributed by atoms with E-state index < -0.39 is 15.1 Å². The normalized spacial score (nSPS) is 15.9. The van der Waals surface area contributed by atoms with Crippen molar-refractivity contribution < 1.29 is 56.6 Å². The van der Waals surface area contributed by atoms with E-state index in [1.54, 1.807) is 42.1 Å². The fraction of sp³-hybridized carbons (Fsp3) is 1.00. The summed E-state index contributed by atoms with van der Waals surface area (Å²) in [6, 6.07) is 0. The average Bonchev–Trinajstić information content (AvgIpc) is 2.28. The molecule has 0 aliphatic heterocycles.